The lowest BCUT2D eigenvalue weighted by Crippen LogP contribution is -2.15. The Kier molecular flexibility index (Phi) is 7.90. The van der Waals surface area contributed by atoms with E-state index in [4.69, 9.17) is 15.0 Å². The van der Waals surface area contributed by atoms with Crippen molar-refractivity contribution in [1.29, 1.82) is 0 Å². The van der Waals surface area contributed by atoms with Gasteiger partial charge in [-0.05, 0) is 103 Å². The zero-order chi connectivity index (χ0) is 38.8. The molecule has 0 unspecified atom stereocenters. The monoisotopic (exact) mass is 741 g/mol. The molecule has 0 atom stereocenters. The minimum atomic E-state index is -0.128. The summed E-state index contributed by atoms with van der Waals surface area (Å²) in [5.74, 6) is 1.99. The number of benzene rings is 8. The van der Waals surface area contributed by atoms with Gasteiger partial charge >= 0.3 is 0 Å². The first-order chi connectivity index (χ1) is 28.5. The van der Waals surface area contributed by atoms with Gasteiger partial charge in [-0.3, -0.25) is 0 Å². The number of hydrogen-bond acceptors (Lipinski definition) is 3. The van der Waals surface area contributed by atoms with Gasteiger partial charge in [-0.15, -0.1) is 0 Å². The van der Waals surface area contributed by atoms with Crippen LogP contribution in [-0.2, 0) is 11.8 Å². The van der Waals surface area contributed by atoms with Crippen LogP contribution in [0.25, 0.3) is 89.8 Å². The van der Waals surface area contributed by atoms with Crippen LogP contribution >= 0.6 is 0 Å². The first kappa shape index (κ1) is 34.1. The SMILES string of the molecule is CC1(C)c2ccccc2-c2ccc(-c3nc(-c4ccccc4)nc(-c4cccc(-c5cccc6c5Cc5c(-c7cccc(-c8ccccc8)c7)cccc5-6)c4)n3)cc21. The Morgan fingerprint density at radius 1 is 0.310 bits per heavy atom. The van der Waals surface area contributed by atoms with Crippen LogP contribution in [0.3, 0.4) is 0 Å². The third-order valence-corrected chi connectivity index (χ3v) is 12.2. The second-order valence-electron chi connectivity index (χ2n) is 16.0. The molecule has 0 saturated carbocycles. The maximum atomic E-state index is 5.21. The van der Waals surface area contributed by atoms with Gasteiger partial charge in [0.2, 0.25) is 0 Å². The summed E-state index contributed by atoms with van der Waals surface area (Å²) in [4.78, 5) is 15.4. The highest BCUT2D eigenvalue weighted by atomic mass is 15.0. The van der Waals surface area contributed by atoms with Gasteiger partial charge in [-0.1, -0.05) is 184 Å². The quantitative estimate of drug-likeness (QED) is 0.170. The van der Waals surface area contributed by atoms with Crippen LogP contribution in [0.1, 0.15) is 36.1 Å². The van der Waals surface area contributed by atoms with Gasteiger partial charge < -0.3 is 0 Å². The average molecular weight is 742 g/mol. The average Bonchev–Trinajstić information content (AvgIpc) is 3.79. The number of hydrogen-bond donors (Lipinski definition) is 0. The van der Waals surface area contributed by atoms with E-state index in [2.05, 4.69) is 184 Å². The number of aromatic nitrogens is 3. The van der Waals surface area contributed by atoms with E-state index < -0.39 is 0 Å². The fourth-order valence-electron chi connectivity index (χ4n) is 9.29. The fraction of sp³-hybridized carbons (Fsp3) is 0.0727. The van der Waals surface area contributed by atoms with E-state index >= 15 is 0 Å². The van der Waals surface area contributed by atoms with Crippen LogP contribution in [0, 0.1) is 0 Å². The molecule has 2 aliphatic carbocycles. The van der Waals surface area contributed by atoms with E-state index in [0.717, 1.165) is 28.7 Å². The second-order valence-corrected chi connectivity index (χ2v) is 16.0. The molecule has 3 heteroatoms. The van der Waals surface area contributed by atoms with E-state index in [-0.39, 0.29) is 5.41 Å². The summed E-state index contributed by atoms with van der Waals surface area (Å²) in [6, 6.07) is 67.5. The summed E-state index contributed by atoms with van der Waals surface area (Å²) in [7, 11) is 0. The summed E-state index contributed by atoms with van der Waals surface area (Å²) in [5, 5.41) is 0. The Balaban J connectivity index is 0.987. The first-order valence-corrected chi connectivity index (χ1v) is 20.1. The summed E-state index contributed by atoms with van der Waals surface area (Å²) in [5.41, 5.74) is 20.7. The molecule has 8 aromatic carbocycles. The Hall–Kier alpha value is -7.23. The number of nitrogens with zero attached hydrogens (tertiary/aromatic N) is 3. The van der Waals surface area contributed by atoms with Crippen LogP contribution in [-0.4, -0.2) is 15.0 Å². The molecule has 1 heterocycles. The van der Waals surface area contributed by atoms with Crippen molar-refractivity contribution in [2.24, 2.45) is 0 Å². The molecular weight excluding hydrogens is 703 g/mol. The van der Waals surface area contributed by atoms with Crippen LogP contribution < -0.4 is 0 Å². The third-order valence-electron chi connectivity index (χ3n) is 12.2. The van der Waals surface area contributed by atoms with Crippen molar-refractivity contribution >= 4 is 0 Å². The summed E-state index contributed by atoms with van der Waals surface area (Å²) in [6.45, 7) is 4.62. The van der Waals surface area contributed by atoms with Crippen molar-refractivity contribution in [2.75, 3.05) is 0 Å². The Labute approximate surface area is 339 Å². The fourth-order valence-corrected chi connectivity index (χ4v) is 9.29. The van der Waals surface area contributed by atoms with Crippen molar-refractivity contribution in [3.63, 3.8) is 0 Å². The van der Waals surface area contributed by atoms with Crippen molar-refractivity contribution in [1.82, 2.24) is 15.0 Å². The van der Waals surface area contributed by atoms with Gasteiger partial charge in [0.25, 0.3) is 0 Å². The Bertz CT molecular complexity index is 3050. The molecule has 0 amide bonds. The van der Waals surface area contributed by atoms with Crippen LogP contribution in [0.4, 0.5) is 0 Å². The highest BCUT2D eigenvalue weighted by Crippen LogP contribution is 2.50. The minimum Gasteiger partial charge on any atom is -0.208 e. The summed E-state index contributed by atoms with van der Waals surface area (Å²) in [6.07, 6.45) is 0.864. The molecule has 0 saturated heterocycles. The molecule has 0 aliphatic heterocycles. The topological polar surface area (TPSA) is 38.7 Å². The molecular formula is C55H39N3. The standard InChI is InChI=1S/C55H39N3/c1-55(2)50-28-10-9-23-46(50)47-30-29-41(33-51(47)55)54-57-52(36-17-7-4-8-18-36)56-53(58-54)40-22-12-21-39(32-40)43-25-14-27-45-44-26-13-24-42(48(44)34-49(43)45)38-20-11-19-37(31-38)35-15-5-3-6-16-35/h3-33H,34H2,1-2H3. The van der Waals surface area contributed by atoms with Crippen LogP contribution in [0.15, 0.2) is 188 Å². The van der Waals surface area contributed by atoms with E-state index in [9.17, 15) is 0 Å². The lowest BCUT2D eigenvalue weighted by molar-refractivity contribution is 0.660. The summed E-state index contributed by atoms with van der Waals surface area (Å²) >= 11 is 0. The van der Waals surface area contributed by atoms with Crippen molar-refractivity contribution in [3.8, 4) is 89.8 Å². The highest BCUT2D eigenvalue weighted by molar-refractivity contribution is 5.91. The van der Waals surface area contributed by atoms with Gasteiger partial charge in [0, 0.05) is 22.1 Å². The van der Waals surface area contributed by atoms with E-state index in [1.807, 2.05) is 18.2 Å². The maximum Gasteiger partial charge on any atom is 0.164 e. The second kappa shape index (κ2) is 13.5. The van der Waals surface area contributed by atoms with Gasteiger partial charge in [-0.25, -0.2) is 15.0 Å². The predicted octanol–water partition coefficient (Wildman–Crippen LogP) is 13.8. The van der Waals surface area contributed by atoms with Crippen molar-refractivity contribution < 1.29 is 0 Å². The Morgan fingerprint density at radius 3 is 1.40 bits per heavy atom. The number of fused-ring (bicyclic) bond motifs is 6. The van der Waals surface area contributed by atoms with E-state index in [1.54, 1.807) is 0 Å². The Morgan fingerprint density at radius 2 is 0.741 bits per heavy atom. The van der Waals surface area contributed by atoms with Crippen molar-refractivity contribution in [2.45, 2.75) is 25.7 Å². The summed E-state index contributed by atoms with van der Waals surface area (Å²) < 4.78 is 0. The zero-order valence-corrected chi connectivity index (χ0v) is 32.4. The molecule has 0 spiro atoms. The van der Waals surface area contributed by atoms with Gasteiger partial charge in [0.05, 0.1) is 0 Å². The highest BCUT2D eigenvalue weighted by Gasteiger charge is 2.35. The van der Waals surface area contributed by atoms with Gasteiger partial charge in [0.1, 0.15) is 0 Å². The molecule has 0 radical (unpaired) electrons. The number of rotatable bonds is 6. The largest absolute Gasteiger partial charge is 0.208 e. The lowest BCUT2D eigenvalue weighted by Gasteiger charge is -2.21. The molecule has 11 rings (SSSR count). The molecule has 0 N–H and O–H groups in total. The molecule has 274 valence electrons. The van der Waals surface area contributed by atoms with E-state index in [0.29, 0.717) is 17.5 Å². The first-order valence-electron chi connectivity index (χ1n) is 20.1. The maximum absolute atomic E-state index is 5.21. The molecule has 0 fully saturated rings. The predicted molar refractivity (Wildman–Crippen MR) is 238 cm³/mol. The molecule has 9 aromatic rings. The molecule has 2 aliphatic rings. The van der Waals surface area contributed by atoms with E-state index in [1.165, 1.54) is 72.3 Å². The van der Waals surface area contributed by atoms with Crippen molar-refractivity contribution in [3.05, 3.63) is 210 Å². The normalized spacial score (nSPS) is 13.1. The molecule has 3 nitrogen and oxygen atoms in total. The zero-order valence-electron chi connectivity index (χ0n) is 32.4. The van der Waals surface area contributed by atoms with Crippen LogP contribution in [0.2, 0.25) is 0 Å². The smallest absolute Gasteiger partial charge is 0.164 e. The lowest BCUT2D eigenvalue weighted by atomic mass is 9.82. The minimum absolute atomic E-state index is 0.128. The van der Waals surface area contributed by atoms with Gasteiger partial charge in [0.15, 0.2) is 17.5 Å². The van der Waals surface area contributed by atoms with Crippen LogP contribution in [0.5, 0.6) is 0 Å². The molecule has 0 bridgehead atoms. The van der Waals surface area contributed by atoms with Gasteiger partial charge in [-0.2, -0.15) is 0 Å². The molecule has 1 aromatic heterocycles. The third kappa shape index (κ3) is 5.62. The molecule has 58 heavy (non-hydrogen) atoms.